The molecular formula is C20H34N4O2. The fraction of sp³-hybridized carbons (Fsp3) is 0.650. The van der Waals surface area contributed by atoms with E-state index in [1.54, 1.807) is 14.2 Å². The number of rotatable bonds is 7. The second-order valence-corrected chi connectivity index (χ2v) is 7.12. The molecule has 1 saturated heterocycles. The number of ether oxygens (including phenoxy) is 2. The summed E-state index contributed by atoms with van der Waals surface area (Å²) < 4.78 is 10.9. The van der Waals surface area contributed by atoms with Gasteiger partial charge in [-0.1, -0.05) is 19.1 Å². The highest BCUT2D eigenvalue weighted by atomic mass is 16.5. The molecule has 2 unspecified atom stereocenters. The Bertz CT molecular complexity index is 603. The van der Waals surface area contributed by atoms with Crippen molar-refractivity contribution in [2.24, 2.45) is 10.9 Å². The van der Waals surface area contributed by atoms with Crippen molar-refractivity contribution in [3.05, 3.63) is 23.8 Å². The van der Waals surface area contributed by atoms with Gasteiger partial charge in [-0.3, -0.25) is 4.90 Å². The van der Waals surface area contributed by atoms with Crippen LogP contribution in [0.4, 0.5) is 0 Å². The zero-order chi connectivity index (χ0) is 19.1. The minimum absolute atomic E-state index is 0.405. The summed E-state index contributed by atoms with van der Waals surface area (Å²) in [6.07, 6.45) is 0. The number of benzene rings is 1. The third-order valence-corrected chi connectivity index (χ3v) is 4.93. The molecule has 1 fully saturated rings. The third kappa shape index (κ3) is 5.04. The van der Waals surface area contributed by atoms with E-state index in [9.17, 15) is 0 Å². The van der Waals surface area contributed by atoms with Crippen LogP contribution in [0, 0.1) is 5.92 Å². The fourth-order valence-electron chi connectivity index (χ4n) is 3.35. The smallest absolute Gasteiger partial charge is 0.191 e. The SMILES string of the molecule is CCNC(=NCc1cccc(OC)c1OC)NC1CN(C(C)C)CC1C. The quantitative estimate of drug-likeness (QED) is 0.576. The van der Waals surface area contributed by atoms with Crippen molar-refractivity contribution in [2.75, 3.05) is 33.9 Å². The number of nitrogens with one attached hydrogen (secondary N) is 2. The number of methoxy groups -OCH3 is 2. The molecule has 2 atom stereocenters. The first-order valence-electron chi connectivity index (χ1n) is 9.48. The number of para-hydroxylation sites is 1. The second-order valence-electron chi connectivity index (χ2n) is 7.12. The monoisotopic (exact) mass is 362 g/mol. The summed E-state index contributed by atoms with van der Waals surface area (Å²) in [5, 5.41) is 6.97. The van der Waals surface area contributed by atoms with E-state index < -0.39 is 0 Å². The summed E-state index contributed by atoms with van der Waals surface area (Å²) in [5.74, 6) is 2.91. The zero-order valence-electron chi connectivity index (χ0n) is 17.0. The highest BCUT2D eigenvalue weighted by Crippen LogP contribution is 2.31. The molecular weight excluding hydrogens is 328 g/mol. The highest BCUT2D eigenvalue weighted by molar-refractivity contribution is 5.80. The van der Waals surface area contributed by atoms with Crippen LogP contribution in [0.5, 0.6) is 11.5 Å². The summed E-state index contributed by atoms with van der Waals surface area (Å²) in [6.45, 7) is 12.4. The van der Waals surface area contributed by atoms with Crippen LogP contribution in [0.3, 0.4) is 0 Å². The van der Waals surface area contributed by atoms with Crippen LogP contribution in [-0.4, -0.2) is 56.8 Å². The summed E-state index contributed by atoms with van der Waals surface area (Å²) in [4.78, 5) is 7.29. The molecule has 1 heterocycles. The van der Waals surface area contributed by atoms with E-state index in [1.165, 1.54) is 0 Å². The molecule has 1 aliphatic heterocycles. The molecule has 0 amide bonds. The maximum absolute atomic E-state index is 5.51. The summed E-state index contributed by atoms with van der Waals surface area (Å²) in [7, 11) is 3.31. The van der Waals surface area contributed by atoms with Gasteiger partial charge in [-0.15, -0.1) is 0 Å². The van der Waals surface area contributed by atoms with Gasteiger partial charge in [0, 0.05) is 37.3 Å². The predicted octanol–water partition coefficient (Wildman–Crippen LogP) is 2.49. The van der Waals surface area contributed by atoms with Gasteiger partial charge in [-0.25, -0.2) is 4.99 Å². The predicted molar refractivity (Wildman–Crippen MR) is 107 cm³/mol. The Morgan fingerprint density at radius 2 is 2.04 bits per heavy atom. The molecule has 1 aromatic carbocycles. The second kappa shape index (κ2) is 9.67. The number of hydrogen-bond donors (Lipinski definition) is 2. The molecule has 6 heteroatoms. The van der Waals surface area contributed by atoms with Crippen molar-refractivity contribution in [3.63, 3.8) is 0 Å². The lowest BCUT2D eigenvalue weighted by Gasteiger charge is -2.22. The number of hydrogen-bond acceptors (Lipinski definition) is 4. The van der Waals surface area contributed by atoms with Gasteiger partial charge in [0.15, 0.2) is 17.5 Å². The van der Waals surface area contributed by atoms with Gasteiger partial charge in [-0.2, -0.15) is 0 Å². The van der Waals surface area contributed by atoms with E-state index in [2.05, 4.69) is 43.2 Å². The standard InChI is InChI=1S/C20H34N4O2/c1-7-21-20(23-17-13-24(14(2)3)12-15(17)4)22-11-16-9-8-10-18(25-5)19(16)26-6/h8-10,14-15,17H,7,11-13H2,1-6H3,(H2,21,22,23). The largest absolute Gasteiger partial charge is 0.493 e. The van der Waals surface area contributed by atoms with Gasteiger partial charge in [-0.05, 0) is 32.8 Å². The summed E-state index contributed by atoms with van der Waals surface area (Å²) in [5.41, 5.74) is 1.01. The van der Waals surface area contributed by atoms with Gasteiger partial charge >= 0.3 is 0 Å². The molecule has 1 aromatic rings. The summed E-state index contributed by atoms with van der Waals surface area (Å²) in [6, 6.07) is 6.86. The van der Waals surface area contributed by atoms with Crippen LogP contribution in [-0.2, 0) is 6.54 Å². The molecule has 0 aromatic heterocycles. The molecule has 2 N–H and O–H groups in total. The Balaban J connectivity index is 2.10. The van der Waals surface area contributed by atoms with Gasteiger partial charge in [0.05, 0.1) is 20.8 Å². The number of nitrogens with zero attached hydrogens (tertiary/aromatic N) is 2. The molecule has 146 valence electrons. The van der Waals surface area contributed by atoms with E-state index >= 15 is 0 Å². The van der Waals surface area contributed by atoms with Crippen molar-refractivity contribution in [1.82, 2.24) is 15.5 Å². The van der Waals surface area contributed by atoms with Crippen LogP contribution in [0.1, 0.15) is 33.3 Å². The van der Waals surface area contributed by atoms with Crippen molar-refractivity contribution in [1.29, 1.82) is 0 Å². The van der Waals surface area contributed by atoms with E-state index in [0.29, 0.717) is 24.5 Å². The van der Waals surface area contributed by atoms with Crippen LogP contribution in [0.25, 0.3) is 0 Å². The average Bonchev–Trinajstić information content (AvgIpc) is 3.00. The molecule has 6 nitrogen and oxygen atoms in total. The van der Waals surface area contributed by atoms with Crippen LogP contribution in [0.2, 0.25) is 0 Å². The lowest BCUT2D eigenvalue weighted by Crippen LogP contribution is -2.46. The topological polar surface area (TPSA) is 58.1 Å². The molecule has 0 radical (unpaired) electrons. The van der Waals surface area contributed by atoms with Gasteiger partial charge in [0.25, 0.3) is 0 Å². The summed E-state index contributed by atoms with van der Waals surface area (Å²) >= 11 is 0. The molecule has 26 heavy (non-hydrogen) atoms. The maximum Gasteiger partial charge on any atom is 0.191 e. The van der Waals surface area contributed by atoms with Crippen LogP contribution in [0.15, 0.2) is 23.2 Å². The first kappa shape index (κ1) is 20.4. The Kier molecular flexibility index (Phi) is 7.57. The number of aliphatic imine (C=N–C) groups is 1. The minimum Gasteiger partial charge on any atom is -0.493 e. The van der Waals surface area contributed by atoms with Crippen molar-refractivity contribution in [2.45, 2.75) is 46.3 Å². The first-order chi connectivity index (χ1) is 12.5. The lowest BCUT2D eigenvalue weighted by atomic mass is 10.1. The minimum atomic E-state index is 0.405. The first-order valence-corrected chi connectivity index (χ1v) is 9.48. The molecule has 1 aliphatic rings. The van der Waals surface area contributed by atoms with Gasteiger partial charge in [0.1, 0.15) is 0 Å². The van der Waals surface area contributed by atoms with Gasteiger partial charge < -0.3 is 20.1 Å². The maximum atomic E-state index is 5.51. The Morgan fingerprint density at radius 1 is 1.27 bits per heavy atom. The van der Waals surface area contributed by atoms with Crippen molar-refractivity contribution < 1.29 is 9.47 Å². The van der Waals surface area contributed by atoms with Gasteiger partial charge in [0.2, 0.25) is 0 Å². The van der Waals surface area contributed by atoms with E-state index in [-0.39, 0.29) is 0 Å². The number of guanidine groups is 1. The Hall–Kier alpha value is -1.95. The van der Waals surface area contributed by atoms with Crippen LogP contribution >= 0.6 is 0 Å². The average molecular weight is 363 g/mol. The lowest BCUT2D eigenvalue weighted by molar-refractivity contribution is 0.265. The zero-order valence-corrected chi connectivity index (χ0v) is 17.0. The van der Waals surface area contributed by atoms with E-state index in [0.717, 1.165) is 42.7 Å². The van der Waals surface area contributed by atoms with E-state index in [4.69, 9.17) is 14.5 Å². The molecule has 0 saturated carbocycles. The third-order valence-electron chi connectivity index (χ3n) is 4.93. The molecule has 0 spiro atoms. The Labute approximate surface area is 158 Å². The normalized spacial score (nSPS) is 21.1. The number of likely N-dealkylation sites (tertiary alicyclic amines) is 1. The van der Waals surface area contributed by atoms with Crippen molar-refractivity contribution >= 4 is 5.96 Å². The van der Waals surface area contributed by atoms with Crippen molar-refractivity contribution in [3.8, 4) is 11.5 Å². The van der Waals surface area contributed by atoms with Crippen LogP contribution < -0.4 is 20.1 Å². The van der Waals surface area contributed by atoms with E-state index in [1.807, 2.05) is 18.2 Å². The fourth-order valence-corrected chi connectivity index (χ4v) is 3.35. The molecule has 0 aliphatic carbocycles. The highest BCUT2D eigenvalue weighted by Gasteiger charge is 2.31. The molecule has 2 rings (SSSR count). The molecule has 0 bridgehead atoms. The Morgan fingerprint density at radius 3 is 2.62 bits per heavy atom.